The summed E-state index contributed by atoms with van der Waals surface area (Å²) < 4.78 is 0. The first-order valence-corrected chi connectivity index (χ1v) is 7.29. The van der Waals surface area contributed by atoms with Gasteiger partial charge < -0.3 is 10.0 Å². The van der Waals surface area contributed by atoms with Crippen molar-refractivity contribution in [3.05, 3.63) is 47.5 Å². The van der Waals surface area contributed by atoms with Crippen LogP contribution >= 0.6 is 0 Å². The number of benzene rings is 1. The molecule has 4 heteroatoms. The van der Waals surface area contributed by atoms with Crippen LogP contribution in [0.1, 0.15) is 25.3 Å². The quantitative estimate of drug-likeness (QED) is 0.847. The summed E-state index contributed by atoms with van der Waals surface area (Å²) in [5, 5.41) is 8.95. The number of carbonyl (C=O) groups is 2. The third-order valence-corrected chi connectivity index (χ3v) is 3.87. The highest BCUT2D eigenvalue weighted by Gasteiger charge is 2.29. The van der Waals surface area contributed by atoms with Gasteiger partial charge >= 0.3 is 5.97 Å². The van der Waals surface area contributed by atoms with Gasteiger partial charge in [0.2, 0.25) is 5.91 Å². The van der Waals surface area contributed by atoms with Gasteiger partial charge in [0.05, 0.1) is 5.92 Å². The van der Waals surface area contributed by atoms with Gasteiger partial charge in [-0.25, -0.2) is 0 Å². The Morgan fingerprint density at radius 2 is 2.05 bits per heavy atom. The zero-order valence-corrected chi connectivity index (χ0v) is 12.3. The van der Waals surface area contributed by atoms with Gasteiger partial charge in [0.1, 0.15) is 0 Å². The Labute approximate surface area is 125 Å². The molecule has 0 saturated carbocycles. The highest BCUT2D eigenvalue weighted by atomic mass is 16.4. The molecule has 1 aromatic carbocycles. The van der Waals surface area contributed by atoms with Crippen LogP contribution in [0.15, 0.2) is 42.0 Å². The first-order chi connectivity index (χ1) is 10.1. The number of nitrogens with zero attached hydrogens (tertiary/aromatic N) is 1. The van der Waals surface area contributed by atoms with Crippen molar-refractivity contribution in [2.45, 2.75) is 26.2 Å². The Morgan fingerprint density at radius 3 is 2.67 bits per heavy atom. The average molecular weight is 287 g/mol. The van der Waals surface area contributed by atoms with Gasteiger partial charge in [-0.05, 0) is 31.7 Å². The normalized spacial score (nSPS) is 18.8. The largest absolute Gasteiger partial charge is 0.481 e. The van der Waals surface area contributed by atoms with Crippen LogP contribution in [-0.4, -0.2) is 35.0 Å². The maximum Gasteiger partial charge on any atom is 0.308 e. The summed E-state index contributed by atoms with van der Waals surface area (Å²) in [5.41, 5.74) is 2.28. The molecule has 2 rings (SSSR count). The average Bonchev–Trinajstić information content (AvgIpc) is 2.96. The topological polar surface area (TPSA) is 57.6 Å². The maximum atomic E-state index is 12.1. The molecule has 0 bridgehead atoms. The summed E-state index contributed by atoms with van der Waals surface area (Å²) in [6.07, 6.45) is 3.95. The number of rotatable bonds is 5. The SMILES string of the molecule is C/C(=C/C(=O)N1CCC(C(=O)O)C1)CCc1ccccc1. The molecular weight excluding hydrogens is 266 g/mol. The van der Waals surface area contributed by atoms with Gasteiger partial charge in [-0.3, -0.25) is 9.59 Å². The van der Waals surface area contributed by atoms with E-state index in [0.29, 0.717) is 19.5 Å². The van der Waals surface area contributed by atoms with Crippen LogP contribution in [-0.2, 0) is 16.0 Å². The first-order valence-electron chi connectivity index (χ1n) is 7.29. The molecule has 21 heavy (non-hydrogen) atoms. The van der Waals surface area contributed by atoms with E-state index in [-0.39, 0.29) is 5.91 Å². The van der Waals surface area contributed by atoms with Gasteiger partial charge in [0.15, 0.2) is 0 Å². The molecule has 1 saturated heterocycles. The second-order valence-corrected chi connectivity index (χ2v) is 5.58. The van der Waals surface area contributed by atoms with E-state index in [4.69, 9.17) is 5.11 Å². The lowest BCUT2D eigenvalue weighted by atomic mass is 10.1. The molecule has 0 radical (unpaired) electrons. The smallest absolute Gasteiger partial charge is 0.308 e. The number of carboxylic acids is 1. The fraction of sp³-hybridized carbons (Fsp3) is 0.412. The third kappa shape index (κ3) is 4.45. The van der Waals surface area contributed by atoms with Crippen LogP contribution in [0, 0.1) is 5.92 Å². The van der Waals surface area contributed by atoms with Crippen molar-refractivity contribution in [2.75, 3.05) is 13.1 Å². The molecular formula is C17H21NO3. The van der Waals surface area contributed by atoms with E-state index in [9.17, 15) is 9.59 Å². The number of carboxylic acid groups (broad SMARTS) is 1. The summed E-state index contributed by atoms with van der Waals surface area (Å²) in [5.74, 6) is -1.29. The molecule has 0 aliphatic carbocycles. The molecule has 1 fully saturated rings. The van der Waals surface area contributed by atoms with Crippen molar-refractivity contribution < 1.29 is 14.7 Å². The molecule has 1 amide bonds. The lowest BCUT2D eigenvalue weighted by Gasteiger charge is -2.14. The van der Waals surface area contributed by atoms with E-state index in [2.05, 4.69) is 12.1 Å². The van der Waals surface area contributed by atoms with Crippen LogP contribution in [0.2, 0.25) is 0 Å². The summed E-state index contributed by atoms with van der Waals surface area (Å²) in [6.45, 7) is 2.82. The zero-order chi connectivity index (χ0) is 15.2. The minimum absolute atomic E-state index is 0.0655. The molecule has 0 aromatic heterocycles. The molecule has 112 valence electrons. The van der Waals surface area contributed by atoms with E-state index in [0.717, 1.165) is 18.4 Å². The van der Waals surface area contributed by atoms with E-state index in [1.807, 2.05) is 25.1 Å². The van der Waals surface area contributed by atoms with Gasteiger partial charge in [-0.2, -0.15) is 0 Å². The molecule has 1 N–H and O–H groups in total. The Kier molecular flexibility index (Phi) is 5.14. The second-order valence-electron chi connectivity index (χ2n) is 5.58. The van der Waals surface area contributed by atoms with Crippen molar-refractivity contribution in [1.82, 2.24) is 4.90 Å². The second kappa shape index (κ2) is 7.07. The van der Waals surface area contributed by atoms with Gasteiger partial charge in [-0.1, -0.05) is 35.9 Å². The number of likely N-dealkylation sites (tertiary alicyclic amines) is 1. The van der Waals surface area contributed by atoms with Crippen LogP contribution in [0.5, 0.6) is 0 Å². The fourth-order valence-electron chi connectivity index (χ4n) is 2.52. The predicted octanol–water partition coefficient (Wildman–Crippen LogP) is 2.50. The minimum Gasteiger partial charge on any atom is -0.481 e. The molecule has 1 aliphatic heterocycles. The van der Waals surface area contributed by atoms with Gasteiger partial charge in [0.25, 0.3) is 0 Å². The molecule has 1 aromatic rings. The number of aliphatic carboxylic acids is 1. The number of aryl methyl sites for hydroxylation is 1. The Hall–Kier alpha value is -2.10. The summed E-state index contributed by atoms with van der Waals surface area (Å²) >= 11 is 0. The van der Waals surface area contributed by atoms with Gasteiger partial charge in [-0.15, -0.1) is 0 Å². The zero-order valence-electron chi connectivity index (χ0n) is 12.3. The van der Waals surface area contributed by atoms with Crippen LogP contribution in [0.3, 0.4) is 0 Å². The summed E-state index contributed by atoms with van der Waals surface area (Å²) in [7, 11) is 0. The first kappa shape index (κ1) is 15.3. The lowest BCUT2D eigenvalue weighted by Crippen LogP contribution is -2.28. The third-order valence-electron chi connectivity index (χ3n) is 3.87. The molecule has 1 unspecified atom stereocenters. The van der Waals surface area contributed by atoms with Gasteiger partial charge in [0, 0.05) is 19.2 Å². The van der Waals surface area contributed by atoms with Crippen LogP contribution in [0.4, 0.5) is 0 Å². The fourth-order valence-corrected chi connectivity index (χ4v) is 2.52. The standard InChI is InChI=1S/C17H21NO3/c1-13(7-8-14-5-3-2-4-6-14)11-16(19)18-10-9-15(12-18)17(20)21/h2-6,11,15H,7-10,12H2,1H3,(H,20,21)/b13-11-. The van der Waals surface area contributed by atoms with Crippen molar-refractivity contribution in [3.63, 3.8) is 0 Å². The Bertz CT molecular complexity index is 536. The highest BCUT2D eigenvalue weighted by Crippen LogP contribution is 2.17. The molecule has 4 nitrogen and oxygen atoms in total. The molecule has 1 aliphatic rings. The summed E-state index contributed by atoms with van der Waals surface area (Å²) in [4.78, 5) is 24.6. The van der Waals surface area contributed by atoms with Crippen molar-refractivity contribution >= 4 is 11.9 Å². The van der Waals surface area contributed by atoms with E-state index < -0.39 is 11.9 Å². The Balaban J connectivity index is 1.84. The number of amides is 1. The van der Waals surface area contributed by atoms with E-state index >= 15 is 0 Å². The monoisotopic (exact) mass is 287 g/mol. The van der Waals surface area contributed by atoms with Crippen molar-refractivity contribution in [3.8, 4) is 0 Å². The molecule has 0 spiro atoms. The Morgan fingerprint density at radius 1 is 1.33 bits per heavy atom. The van der Waals surface area contributed by atoms with Crippen LogP contribution < -0.4 is 0 Å². The highest BCUT2D eigenvalue weighted by molar-refractivity contribution is 5.89. The molecule has 1 heterocycles. The molecule has 1 atom stereocenters. The van der Waals surface area contributed by atoms with Crippen LogP contribution in [0.25, 0.3) is 0 Å². The van der Waals surface area contributed by atoms with Crippen molar-refractivity contribution in [2.24, 2.45) is 5.92 Å². The summed E-state index contributed by atoms with van der Waals surface area (Å²) in [6, 6.07) is 10.2. The number of carbonyl (C=O) groups excluding carboxylic acids is 1. The maximum absolute atomic E-state index is 12.1. The predicted molar refractivity (Wildman–Crippen MR) is 80.8 cm³/mol. The number of hydrogen-bond donors (Lipinski definition) is 1. The minimum atomic E-state index is -0.810. The van der Waals surface area contributed by atoms with E-state index in [1.54, 1.807) is 11.0 Å². The number of hydrogen-bond acceptors (Lipinski definition) is 2. The van der Waals surface area contributed by atoms with Crippen molar-refractivity contribution in [1.29, 1.82) is 0 Å². The van der Waals surface area contributed by atoms with E-state index in [1.165, 1.54) is 5.56 Å². The lowest BCUT2D eigenvalue weighted by molar-refractivity contribution is -0.141. The number of allylic oxidation sites excluding steroid dienone is 1.